The summed E-state index contributed by atoms with van der Waals surface area (Å²) in [5.41, 5.74) is 1.32. The summed E-state index contributed by atoms with van der Waals surface area (Å²) in [4.78, 5) is 28.6. The van der Waals surface area contributed by atoms with Crippen molar-refractivity contribution in [3.05, 3.63) is 59.7 Å². The van der Waals surface area contributed by atoms with E-state index in [-0.39, 0.29) is 13.2 Å². The van der Waals surface area contributed by atoms with Crippen LogP contribution in [0.1, 0.15) is 20.7 Å². The summed E-state index contributed by atoms with van der Waals surface area (Å²) < 4.78 is 10.6. The van der Waals surface area contributed by atoms with E-state index in [0.29, 0.717) is 35.1 Å². The van der Waals surface area contributed by atoms with Crippen LogP contribution in [0.15, 0.2) is 48.5 Å². The molecule has 1 saturated heterocycles. The number of benzene rings is 2. The molecule has 0 radical (unpaired) electrons. The maximum Gasteiger partial charge on any atom is 0.488 e. The highest BCUT2D eigenvalue weighted by molar-refractivity contribution is 6.58. The van der Waals surface area contributed by atoms with Crippen molar-refractivity contribution in [2.45, 2.75) is 0 Å². The number of carbonyl (C=O) groups is 2. The zero-order valence-electron chi connectivity index (χ0n) is 18.7. The third kappa shape index (κ3) is 7.66. The first-order chi connectivity index (χ1) is 16.3. The summed E-state index contributed by atoms with van der Waals surface area (Å²) in [6.07, 6.45) is 0. The molecule has 1 aliphatic rings. The van der Waals surface area contributed by atoms with Gasteiger partial charge in [0.1, 0.15) is 13.2 Å². The average molecular weight is 470 g/mol. The number of piperazine rings is 1. The Hall–Kier alpha value is -2.73. The number of rotatable bonds is 10. The molecule has 1 aliphatic heterocycles. The second-order valence-electron chi connectivity index (χ2n) is 7.95. The van der Waals surface area contributed by atoms with Crippen molar-refractivity contribution in [2.75, 3.05) is 52.5 Å². The molecule has 34 heavy (non-hydrogen) atoms. The molecule has 0 bridgehead atoms. The van der Waals surface area contributed by atoms with E-state index in [0.717, 1.165) is 26.2 Å². The van der Waals surface area contributed by atoms with E-state index >= 15 is 0 Å². The van der Waals surface area contributed by atoms with Gasteiger partial charge in [0.15, 0.2) is 0 Å². The number of hydrogen-bond donors (Lipinski definition) is 4. The normalized spacial score (nSPS) is 14.5. The minimum atomic E-state index is -1.57. The van der Waals surface area contributed by atoms with E-state index in [1.165, 1.54) is 48.5 Å². The van der Waals surface area contributed by atoms with Crippen molar-refractivity contribution >= 4 is 37.1 Å². The van der Waals surface area contributed by atoms with Gasteiger partial charge in [0.05, 0.1) is 11.1 Å². The highest BCUT2D eigenvalue weighted by atomic mass is 16.5. The van der Waals surface area contributed by atoms with E-state index in [4.69, 9.17) is 29.6 Å². The first kappa shape index (κ1) is 25.9. The molecular weight excluding hydrogens is 442 g/mol. The SMILES string of the molecule is O=C(OCCN1CCN(CCOC(=O)c2ccc(B(O)O)cc2)CC1)c1ccc(B(O)O)cc1. The van der Waals surface area contributed by atoms with Crippen LogP contribution in [0.4, 0.5) is 0 Å². The molecule has 0 aliphatic carbocycles. The van der Waals surface area contributed by atoms with Gasteiger partial charge in [-0.05, 0) is 35.2 Å². The van der Waals surface area contributed by atoms with Crippen molar-refractivity contribution in [3.8, 4) is 0 Å². The highest BCUT2D eigenvalue weighted by Gasteiger charge is 2.18. The van der Waals surface area contributed by atoms with Crippen LogP contribution in [-0.2, 0) is 9.47 Å². The summed E-state index contributed by atoms with van der Waals surface area (Å²) >= 11 is 0. The predicted octanol–water partition coefficient (Wildman–Crippen LogP) is -2.32. The Labute approximate surface area is 198 Å². The molecule has 180 valence electrons. The van der Waals surface area contributed by atoms with Gasteiger partial charge in [-0.2, -0.15) is 0 Å². The van der Waals surface area contributed by atoms with E-state index in [1.54, 1.807) is 0 Å². The van der Waals surface area contributed by atoms with Crippen LogP contribution in [0, 0.1) is 0 Å². The van der Waals surface area contributed by atoms with Crippen LogP contribution in [-0.4, -0.2) is 109 Å². The first-order valence-electron chi connectivity index (χ1n) is 11.0. The lowest BCUT2D eigenvalue weighted by molar-refractivity contribution is 0.0352. The number of esters is 2. The van der Waals surface area contributed by atoms with E-state index in [1.807, 2.05) is 0 Å². The molecule has 0 spiro atoms. The zero-order valence-corrected chi connectivity index (χ0v) is 18.7. The molecule has 0 amide bonds. The van der Waals surface area contributed by atoms with Gasteiger partial charge in [0.25, 0.3) is 0 Å². The maximum absolute atomic E-state index is 12.1. The van der Waals surface area contributed by atoms with E-state index < -0.39 is 26.2 Å². The van der Waals surface area contributed by atoms with Gasteiger partial charge >= 0.3 is 26.2 Å². The van der Waals surface area contributed by atoms with Crippen LogP contribution < -0.4 is 10.9 Å². The lowest BCUT2D eigenvalue weighted by Crippen LogP contribution is -2.48. The van der Waals surface area contributed by atoms with Gasteiger partial charge < -0.3 is 29.6 Å². The fraction of sp³-hybridized carbons (Fsp3) is 0.364. The molecule has 4 N–H and O–H groups in total. The van der Waals surface area contributed by atoms with Crippen LogP contribution in [0.25, 0.3) is 0 Å². The van der Waals surface area contributed by atoms with Crippen LogP contribution >= 0.6 is 0 Å². The number of ether oxygens (including phenoxy) is 2. The Morgan fingerprint density at radius 1 is 0.647 bits per heavy atom. The molecule has 2 aromatic rings. The monoisotopic (exact) mass is 470 g/mol. The molecule has 1 fully saturated rings. The summed E-state index contributed by atoms with van der Waals surface area (Å²) in [6, 6.07) is 11.9. The van der Waals surface area contributed by atoms with Crippen molar-refractivity contribution in [1.29, 1.82) is 0 Å². The second kappa shape index (κ2) is 12.7. The lowest BCUT2D eigenvalue weighted by atomic mass is 9.80. The molecule has 3 rings (SSSR count). The number of carbonyl (C=O) groups excluding carboxylic acids is 2. The minimum Gasteiger partial charge on any atom is -0.461 e. The summed E-state index contributed by atoms with van der Waals surface area (Å²) in [6.45, 7) is 4.96. The molecular formula is C22H28B2N2O8. The quantitative estimate of drug-likeness (QED) is 0.221. The zero-order chi connectivity index (χ0) is 24.5. The van der Waals surface area contributed by atoms with Crippen LogP contribution in [0.2, 0.25) is 0 Å². The molecule has 0 atom stereocenters. The summed E-state index contributed by atoms with van der Waals surface area (Å²) in [5, 5.41) is 36.4. The molecule has 12 heteroatoms. The van der Waals surface area contributed by atoms with Gasteiger partial charge in [-0.1, -0.05) is 24.3 Å². The van der Waals surface area contributed by atoms with E-state index in [9.17, 15) is 9.59 Å². The third-order valence-corrected chi connectivity index (χ3v) is 5.64. The minimum absolute atomic E-state index is 0.257. The Morgan fingerprint density at radius 2 is 0.971 bits per heavy atom. The average Bonchev–Trinajstić information content (AvgIpc) is 2.85. The van der Waals surface area contributed by atoms with Crippen molar-refractivity contribution in [3.63, 3.8) is 0 Å². The highest BCUT2D eigenvalue weighted by Crippen LogP contribution is 2.05. The maximum atomic E-state index is 12.1. The topological polar surface area (TPSA) is 140 Å². The van der Waals surface area contributed by atoms with Crippen molar-refractivity contribution in [1.82, 2.24) is 9.80 Å². The fourth-order valence-corrected chi connectivity index (χ4v) is 3.52. The van der Waals surface area contributed by atoms with Gasteiger partial charge in [0, 0.05) is 39.3 Å². The number of hydrogen-bond acceptors (Lipinski definition) is 10. The standard InChI is InChI=1S/C22H28B2N2O8/c27-21(17-1-5-19(6-2-17)23(29)30)33-15-13-25-9-11-26(12-10-25)14-16-34-22(28)18-3-7-20(8-4-18)24(31)32/h1-8,29-32H,9-16H2. The van der Waals surface area contributed by atoms with Gasteiger partial charge in [-0.15, -0.1) is 0 Å². The Kier molecular flexibility index (Phi) is 9.63. The smallest absolute Gasteiger partial charge is 0.461 e. The van der Waals surface area contributed by atoms with Gasteiger partial charge in [-0.3, -0.25) is 9.80 Å². The Balaban J connectivity index is 1.29. The van der Waals surface area contributed by atoms with Crippen LogP contribution in [0.3, 0.4) is 0 Å². The largest absolute Gasteiger partial charge is 0.488 e. The first-order valence-corrected chi connectivity index (χ1v) is 11.0. The molecule has 1 heterocycles. The number of nitrogens with zero attached hydrogens (tertiary/aromatic N) is 2. The molecule has 10 nitrogen and oxygen atoms in total. The lowest BCUT2D eigenvalue weighted by Gasteiger charge is -2.34. The predicted molar refractivity (Wildman–Crippen MR) is 126 cm³/mol. The third-order valence-electron chi connectivity index (χ3n) is 5.64. The van der Waals surface area contributed by atoms with E-state index in [2.05, 4.69) is 9.80 Å². The van der Waals surface area contributed by atoms with Gasteiger partial charge in [0.2, 0.25) is 0 Å². The van der Waals surface area contributed by atoms with Crippen molar-refractivity contribution < 1.29 is 39.2 Å². The van der Waals surface area contributed by atoms with Crippen LogP contribution in [0.5, 0.6) is 0 Å². The molecule has 0 unspecified atom stereocenters. The fourth-order valence-electron chi connectivity index (χ4n) is 3.52. The molecule has 0 aromatic heterocycles. The second-order valence-corrected chi connectivity index (χ2v) is 7.95. The Morgan fingerprint density at radius 3 is 1.26 bits per heavy atom. The molecule has 2 aromatic carbocycles. The van der Waals surface area contributed by atoms with Gasteiger partial charge in [-0.25, -0.2) is 9.59 Å². The summed E-state index contributed by atoms with van der Waals surface area (Å²) in [7, 11) is -3.15. The molecule has 0 saturated carbocycles. The van der Waals surface area contributed by atoms with Crippen molar-refractivity contribution in [2.24, 2.45) is 0 Å². The summed E-state index contributed by atoms with van der Waals surface area (Å²) in [5.74, 6) is -0.914. The Bertz CT molecular complexity index is 855.